The number of carbonyl (C=O) groups excluding carboxylic acids is 1. The summed E-state index contributed by atoms with van der Waals surface area (Å²) in [5.41, 5.74) is 0. The van der Waals surface area contributed by atoms with E-state index in [2.05, 4.69) is 25.3 Å². The minimum atomic E-state index is 0.00446. The average molecular weight is 347 g/mol. The smallest absolute Gasteiger partial charge is 0.234 e. The largest absolute Gasteiger partial charge is 0.467 e. The first kappa shape index (κ1) is 17.6. The van der Waals surface area contributed by atoms with Crippen LogP contribution in [0.1, 0.15) is 30.3 Å². The Morgan fingerprint density at radius 3 is 3.12 bits per heavy atom. The lowest BCUT2D eigenvalue weighted by molar-refractivity contribution is -0.123. The highest BCUT2D eigenvalue weighted by atomic mass is 16.5. The Bertz CT molecular complexity index is 670. The number of hydrogen-bond acceptors (Lipinski definition) is 7. The van der Waals surface area contributed by atoms with Gasteiger partial charge < -0.3 is 14.3 Å². The van der Waals surface area contributed by atoms with E-state index in [9.17, 15) is 4.79 Å². The molecular formula is C17H25N5O3. The highest BCUT2D eigenvalue weighted by Crippen LogP contribution is 2.16. The number of aryl methyl sites for hydroxylation is 1. The summed E-state index contributed by atoms with van der Waals surface area (Å²) in [4.78, 5) is 20.8. The topological polar surface area (TPSA) is 87.6 Å². The summed E-state index contributed by atoms with van der Waals surface area (Å²) in [6, 6.07) is 4.01. The maximum atomic E-state index is 12.1. The second kappa shape index (κ2) is 8.26. The van der Waals surface area contributed by atoms with Crippen LogP contribution in [0.2, 0.25) is 0 Å². The fourth-order valence-electron chi connectivity index (χ4n) is 3.15. The standard InChI is InChI=1S/C17H25N5O3/c1-13-19-16(20-25-13)11-22-7-3-5-14(10-22)21(2)12-17(23)18-9-15-6-4-8-24-15/h4,6,8,14H,3,5,7,9-12H2,1-2H3,(H,18,23)/t14-/m1/s1. The van der Waals surface area contributed by atoms with E-state index in [1.807, 2.05) is 19.2 Å². The molecule has 1 atom stereocenters. The molecule has 3 heterocycles. The van der Waals surface area contributed by atoms with E-state index in [0.29, 0.717) is 31.6 Å². The molecule has 1 N–H and O–H groups in total. The molecule has 0 bridgehead atoms. The summed E-state index contributed by atoms with van der Waals surface area (Å²) in [5.74, 6) is 2.07. The van der Waals surface area contributed by atoms with Crippen LogP contribution in [0.3, 0.4) is 0 Å². The molecule has 3 rings (SSSR count). The van der Waals surface area contributed by atoms with Gasteiger partial charge in [0.2, 0.25) is 11.8 Å². The fourth-order valence-corrected chi connectivity index (χ4v) is 3.15. The number of amides is 1. The molecule has 0 spiro atoms. The first-order chi connectivity index (χ1) is 12.1. The Hall–Kier alpha value is -2.19. The Kier molecular flexibility index (Phi) is 5.83. The predicted molar refractivity (Wildman–Crippen MR) is 90.5 cm³/mol. The molecule has 8 heteroatoms. The van der Waals surface area contributed by atoms with Crippen molar-refractivity contribution in [3.63, 3.8) is 0 Å². The molecule has 1 aliphatic rings. The number of carbonyl (C=O) groups is 1. The number of likely N-dealkylation sites (N-methyl/N-ethyl adjacent to an activating group) is 1. The van der Waals surface area contributed by atoms with Crippen LogP contribution in [0.4, 0.5) is 0 Å². The van der Waals surface area contributed by atoms with E-state index in [1.54, 1.807) is 13.2 Å². The van der Waals surface area contributed by atoms with Gasteiger partial charge in [-0.2, -0.15) is 4.98 Å². The van der Waals surface area contributed by atoms with Crippen molar-refractivity contribution in [2.45, 2.75) is 38.9 Å². The fraction of sp³-hybridized carbons (Fsp3) is 0.588. The van der Waals surface area contributed by atoms with E-state index < -0.39 is 0 Å². The maximum absolute atomic E-state index is 12.1. The van der Waals surface area contributed by atoms with E-state index in [-0.39, 0.29) is 5.91 Å². The van der Waals surface area contributed by atoms with Gasteiger partial charge in [-0.1, -0.05) is 5.16 Å². The van der Waals surface area contributed by atoms with Crippen LogP contribution in [0, 0.1) is 6.92 Å². The number of rotatable bonds is 7. The van der Waals surface area contributed by atoms with Gasteiger partial charge in [0.15, 0.2) is 5.82 Å². The Morgan fingerprint density at radius 2 is 2.40 bits per heavy atom. The second-order valence-electron chi connectivity index (χ2n) is 6.53. The van der Waals surface area contributed by atoms with Crippen LogP contribution in [0.5, 0.6) is 0 Å². The summed E-state index contributed by atoms with van der Waals surface area (Å²) in [7, 11) is 2.00. The first-order valence-corrected chi connectivity index (χ1v) is 8.61. The molecule has 25 heavy (non-hydrogen) atoms. The number of nitrogens with one attached hydrogen (secondary N) is 1. The summed E-state index contributed by atoms with van der Waals surface area (Å²) < 4.78 is 10.3. The average Bonchev–Trinajstić information content (AvgIpc) is 3.25. The quantitative estimate of drug-likeness (QED) is 0.805. The van der Waals surface area contributed by atoms with Crippen molar-refractivity contribution in [2.24, 2.45) is 0 Å². The highest BCUT2D eigenvalue weighted by Gasteiger charge is 2.25. The van der Waals surface area contributed by atoms with Crippen molar-refractivity contribution < 1.29 is 13.7 Å². The maximum Gasteiger partial charge on any atom is 0.234 e. The van der Waals surface area contributed by atoms with Gasteiger partial charge >= 0.3 is 0 Å². The summed E-state index contributed by atoms with van der Waals surface area (Å²) in [6.07, 6.45) is 3.79. The van der Waals surface area contributed by atoms with Crippen LogP contribution in [-0.2, 0) is 17.9 Å². The van der Waals surface area contributed by atoms with Crippen LogP contribution < -0.4 is 5.32 Å². The van der Waals surface area contributed by atoms with Crippen molar-refractivity contribution >= 4 is 5.91 Å². The molecular weight excluding hydrogens is 322 g/mol. The molecule has 0 aliphatic carbocycles. The Balaban J connectivity index is 1.44. The summed E-state index contributed by atoms with van der Waals surface area (Å²) >= 11 is 0. The lowest BCUT2D eigenvalue weighted by Crippen LogP contribution is -2.49. The zero-order valence-electron chi connectivity index (χ0n) is 14.8. The van der Waals surface area contributed by atoms with Crippen LogP contribution in [0.15, 0.2) is 27.3 Å². The molecule has 0 radical (unpaired) electrons. The van der Waals surface area contributed by atoms with Crippen molar-refractivity contribution in [3.05, 3.63) is 35.9 Å². The normalized spacial score (nSPS) is 18.6. The van der Waals surface area contributed by atoms with Gasteiger partial charge in [-0.05, 0) is 38.6 Å². The molecule has 0 aromatic carbocycles. The van der Waals surface area contributed by atoms with Gasteiger partial charge in [-0.25, -0.2) is 0 Å². The van der Waals surface area contributed by atoms with Gasteiger partial charge in [-0.15, -0.1) is 0 Å². The third-order valence-corrected chi connectivity index (χ3v) is 4.47. The molecule has 1 amide bonds. The zero-order chi connectivity index (χ0) is 17.6. The van der Waals surface area contributed by atoms with Crippen molar-refractivity contribution in [3.8, 4) is 0 Å². The number of aromatic nitrogens is 2. The van der Waals surface area contributed by atoms with Crippen LogP contribution in [0.25, 0.3) is 0 Å². The van der Waals surface area contributed by atoms with Gasteiger partial charge in [0, 0.05) is 19.5 Å². The van der Waals surface area contributed by atoms with Gasteiger partial charge in [-0.3, -0.25) is 14.6 Å². The van der Waals surface area contributed by atoms with E-state index in [4.69, 9.17) is 8.94 Å². The van der Waals surface area contributed by atoms with E-state index in [1.165, 1.54) is 0 Å². The number of furan rings is 1. The highest BCUT2D eigenvalue weighted by molar-refractivity contribution is 5.77. The van der Waals surface area contributed by atoms with Crippen molar-refractivity contribution in [1.82, 2.24) is 25.3 Å². The number of hydrogen-bond donors (Lipinski definition) is 1. The monoisotopic (exact) mass is 347 g/mol. The Labute approximate surface area is 147 Å². The first-order valence-electron chi connectivity index (χ1n) is 8.61. The molecule has 136 valence electrons. The SMILES string of the molecule is Cc1nc(CN2CCC[C@@H](N(C)CC(=O)NCc3ccco3)C2)no1. The molecule has 1 fully saturated rings. The lowest BCUT2D eigenvalue weighted by Gasteiger charge is -2.36. The zero-order valence-corrected chi connectivity index (χ0v) is 14.8. The van der Waals surface area contributed by atoms with Crippen molar-refractivity contribution in [2.75, 3.05) is 26.7 Å². The minimum absolute atomic E-state index is 0.00446. The van der Waals surface area contributed by atoms with Crippen LogP contribution in [-0.4, -0.2) is 58.6 Å². The molecule has 1 aliphatic heterocycles. The van der Waals surface area contributed by atoms with Crippen LogP contribution >= 0.6 is 0 Å². The molecule has 2 aromatic heterocycles. The summed E-state index contributed by atoms with van der Waals surface area (Å²) in [6.45, 7) is 5.20. The summed E-state index contributed by atoms with van der Waals surface area (Å²) in [5, 5.41) is 6.85. The van der Waals surface area contributed by atoms with E-state index >= 15 is 0 Å². The molecule has 1 saturated heterocycles. The van der Waals surface area contributed by atoms with Crippen molar-refractivity contribution in [1.29, 1.82) is 0 Å². The second-order valence-corrected chi connectivity index (χ2v) is 6.53. The molecule has 0 unspecified atom stereocenters. The number of nitrogens with zero attached hydrogens (tertiary/aromatic N) is 4. The molecule has 8 nitrogen and oxygen atoms in total. The predicted octanol–water partition coefficient (Wildman–Crippen LogP) is 1.18. The lowest BCUT2D eigenvalue weighted by atomic mass is 10.0. The number of likely N-dealkylation sites (tertiary alicyclic amines) is 1. The molecule has 2 aromatic rings. The van der Waals surface area contributed by atoms with E-state index in [0.717, 1.165) is 37.5 Å². The van der Waals surface area contributed by atoms with Gasteiger partial charge in [0.25, 0.3) is 0 Å². The third kappa shape index (κ3) is 5.14. The van der Waals surface area contributed by atoms with Gasteiger partial charge in [0.05, 0.1) is 25.9 Å². The number of piperidine rings is 1. The minimum Gasteiger partial charge on any atom is -0.467 e. The molecule has 0 saturated carbocycles. The third-order valence-electron chi connectivity index (χ3n) is 4.47. The Morgan fingerprint density at radius 1 is 1.52 bits per heavy atom. The van der Waals surface area contributed by atoms with Gasteiger partial charge in [0.1, 0.15) is 5.76 Å².